The molecule has 1 amide bonds. The number of fused-ring (bicyclic) bond motifs is 2. The van der Waals surface area contributed by atoms with Crippen molar-refractivity contribution in [3.8, 4) is 11.5 Å². The average molecular weight is 384 g/mol. The van der Waals surface area contributed by atoms with Crippen molar-refractivity contribution in [1.82, 2.24) is 19.2 Å². The molecule has 2 aromatic heterocycles. The molecule has 8 heteroatoms. The number of imidazole rings is 1. The minimum Gasteiger partial charge on any atom is -0.454 e. The highest BCUT2D eigenvalue weighted by molar-refractivity contribution is 7.17. The number of ether oxygens (including phenoxy) is 2. The van der Waals surface area contributed by atoms with Gasteiger partial charge in [-0.25, -0.2) is 4.98 Å². The van der Waals surface area contributed by atoms with E-state index < -0.39 is 0 Å². The molecule has 0 radical (unpaired) electrons. The first-order valence-corrected chi connectivity index (χ1v) is 9.83. The number of amides is 1. The van der Waals surface area contributed by atoms with Crippen LogP contribution in [0.1, 0.15) is 20.9 Å². The molecule has 1 aromatic carbocycles. The molecule has 1 saturated heterocycles. The highest BCUT2D eigenvalue weighted by Crippen LogP contribution is 2.32. The van der Waals surface area contributed by atoms with Crippen LogP contribution in [0.2, 0.25) is 0 Å². The lowest BCUT2D eigenvalue weighted by molar-refractivity contribution is 0.0623. The summed E-state index contributed by atoms with van der Waals surface area (Å²) in [5.41, 5.74) is 1.73. The Balaban J connectivity index is 1.20. The molecule has 0 aliphatic carbocycles. The van der Waals surface area contributed by atoms with E-state index in [0.29, 0.717) is 25.6 Å². The molecule has 1 fully saturated rings. The van der Waals surface area contributed by atoms with Crippen molar-refractivity contribution >= 4 is 22.2 Å². The van der Waals surface area contributed by atoms with Gasteiger partial charge in [0, 0.05) is 50.0 Å². The second-order valence-electron chi connectivity index (χ2n) is 6.91. The van der Waals surface area contributed by atoms with Crippen molar-refractivity contribution in [2.75, 3.05) is 33.0 Å². The number of aromatic nitrogens is 2. The van der Waals surface area contributed by atoms with Crippen LogP contribution in [0.4, 0.5) is 0 Å². The number of rotatable bonds is 3. The molecule has 0 saturated carbocycles. The summed E-state index contributed by atoms with van der Waals surface area (Å²) in [6.07, 6.45) is 3.84. The zero-order valence-corrected chi connectivity index (χ0v) is 15.9. The molecule has 27 heavy (non-hydrogen) atoms. The minimum absolute atomic E-state index is 0.0197. The maximum Gasteiger partial charge on any atom is 0.274 e. The Morgan fingerprint density at radius 1 is 1.15 bits per heavy atom. The topological polar surface area (TPSA) is 59.3 Å². The largest absolute Gasteiger partial charge is 0.454 e. The first-order chi connectivity index (χ1) is 13.2. The number of hydrogen-bond donors (Lipinski definition) is 0. The fraction of sp³-hybridized carbons (Fsp3) is 0.368. The molecule has 2 aliphatic rings. The summed E-state index contributed by atoms with van der Waals surface area (Å²) in [4.78, 5) is 23.5. The quantitative estimate of drug-likeness (QED) is 0.694. The Hall–Kier alpha value is -2.58. The number of carbonyl (C=O) groups is 1. The van der Waals surface area contributed by atoms with E-state index in [2.05, 4.69) is 16.0 Å². The fourth-order valence-electron chi connectivity index (χ4n) is 3.58. The molecule has 0 bridgehead atoms. The van der Waals surface area contributed by atoms with Crippen molar-refractivity contribution in [3.05, 3.63) is 46.7 Å². The van der Waals surface area contributed by atoms with Gasteiger partial charge in [-0.15, -0.1) is 11.3 Å². The second-order valence-corrected chi connectivity index (χ2v) is 8.13. The standard InChI is InChI=1S/C19H20N4O3S/c1-13-9-23-11-15(20-19(23)27-13)18(24)22-6-4-21(5-7-22)10-14-2-3-16-17(8-14)26-12-25-16/h2-3,8-9,11H,4-7,10,12H2,1H3. The first kappa shape index (κ1) is 16.6. The van der Waals surface area contributed by atoms with Gasteiger partial charge in [0.1, 0.15) is 5.69 Å². The van der Waals surface area contributed by atoms with E-state index in [1.165, 1.54) is 10.4 Å². The van der Waals surface area contributed by atoms with Crippen LogP contribution in [0.3, 0.4) is 0 Å². The summed E-state index contributed by atoms with van der Waals surface area (Å²) in [5.74, 6) is 1.65. The molecular formula is C19H20N4O3S. The van der Waals surface area contributed by atoms with Gasteiger partial charge < -0.3 is 14.4 Å². The zero-order chi connectivity index (χ0) is 18.4. The van der Waals surface area contributed by atoms with Crippen molar-refractivity contribution in [3.63, 3.8) is 0 Å². The Morgan fingerprint density at radius 3 is 2.78 bits per heavy atom. The van der Waals surface area contributed by atoms with E-state index in [-0.39, 0.29) is 5.91 Å². The molecule has 0 atom stereocenters. The van der Waals surface area contributed by atoms with E-state index in [0.717, 1.165) is 36.1 Å². The Morgan fingerprint density at radius 2 is 1.96 bits per heavy atom. The van der Waals surface area contributed by atoms with Crippen LogP contribution in [0.25, 0.3) is 4.96 Å². The third kappa shape index (κ3) is 3.15. The third-order valence-corrected chi connectivity index (χ3v) is 5.91. The fourth-order valence-corrected chi connectivity index (χ4v) is 4.39. The molecule has 5 rings (SSSR count). The lowest BCUT2D eigenvalue weighted by Crippen LogP contribution is -2.48. The van der Waals surface area contributed by atoms with Gasteiger partial charge >= 0.3 is 0 Å². The summed E-state index contributed by atoms with van der Waals surface area (Å²) in [6, 6.07) is 6.08. The summed E-state index contributed by atoms with van der Waals surface area (Å²) >= 11 is 1.60. The van der Waals surface area contributed by atoms with Gasteiger partial charge in [0.15, 0.2) is 16.5 Å². The monoisotopic (exact) mass is 384 g/mol. The normalized spacial score (nSPS) is 17.0. The van der Waals surface area contributed by atoms with Crippen LogP contribution in [-0.2, 0) is 6.54 Å². The van der Waals surface area contributed by atoms with Gasteiger partial charge in [-0.05, 0) is 24.6 Å². The van der Waals surface area contributed by atoms with Crippen LogP contribution < -0.4 is 9.47 Å². The lowest BCUT2D eigenvalue weighted by atomic mass is 10.1. The lowest BCUT2D eigenvalue weighted by Gasteiger charge is -2.34. The van der Waals surface area contributed by atoms with E-state index in [9.17, 15) is 4.79 Å². The van der Waals surface area contributed by atoms with E-state index in [1.807, 2.05) is 40.8 Å². The highest BCUT2D eigenvalue weighted by atomic mass is 32.1. The molecule has 0 N–H and O–H groups in total. The Bertz CT molecular complexity index is 972. The van der Waals surface area contributed by atoms with Gasteiger partial charge in [0.25, 0.3) is 5.91 Å². The van der Waals surface area contributed by atoms with Gasteiger partial charge in [-0.3, -0.25) is 14.1 Å². The maximum absolute atomic E-state index is 12.8. The average Bonchev–Trinajstić information content (AvgIpc) is 3.35. The SMILES string of the molecule is Cc1cn2cc(C(=O)N3CCN(Cc4ccc5c(c4)OCO5)CC3)nc2s1. The van der Waals surface area contributed by atoms with Crippen molar-refractivity contribution in [2.24, 2.45) is 0 Å². The number of hydrogen-bond acceptors (Lipinski definition) is 6. The molecule has 2 aliphatic heterocycles. The van der Waals surface area contributed by atoms with E-state index in [4.69, 9.17) is 9.47 Å². The summed E-state index contributed by atoms with van der Waals surface area (Å²) in [5, 5.41) is 0. The number of aryl methyl sites for hydroxylation is 1. The minimum atomic E-state index is 0.0197. The predicted octanol–water partition coefficient (Wildman–Crippen LogP) is 2.39. The second kappa shape index (κ2) is 6.54. The molecule has 3 aromatic rings. The van der Waals surface area contributed by atoms with Crippen molar-refractivity contribution in [2.45, 2.75) is 13.5 Å². The molecule has 7 nitrogen and oxygen atoms in total. The number of nitrogens with zero attached hydrogens (tertiary/aromatic N) is 4. The molecule has 0 unspecified atom stereocenters. The van der Waals surface area contributed by atoms with Crippen LogP contribution in [-0.4, -0.2) is 58.1 Å². The van der Waals surface area contributed by atoms with E-state index >= 15 is 0 Å². The van der Waals surface area contributed by atoms with Crippen LogP contribution in [0.15, 0.2) is 30.6 Å². The van der Waals surface area contributed by atoms with Gasteiger partial charge in [0.05, 0.1) is 0 Å². The third-order valence-electron chi connectivity index (χ3n) is 4.99. The summed E-state index contributed by atoms with van der Waals surface area (Å²) in [6.45, 7) is 6.31. The van der Waals surface area contributed by atoms with Gasteiger partial charge in [-0.1, -0.05) is 6.07 Å². The van der Waals surface area contributed by atoms with Crippen molar-refractivity contribution in [1.29, 1.82) is 0 Å². The number of piperazine rings is 1. The smallest absolute Gasteiger partial charge is 0.274 e. The zero-order valence-electron chi connectivity index (χ0n) is 15.1. The van der Waals surface area contributed by atoms with Gasteiger partial charge in [0.2, 0.25) is 6.79 Å². The molecular weight excluding hydrogens is 364 g/mol. The molecule has 4 heterocycles. The van der Waals surface area contributed by atoms with Crippen LogP contribution in [0, 0.1) is 6.92 Å². The Labute approximate surface area is 160 Å². The highest BCUT2D eigenvalue weighted by Gasteiger charge is 2.24. The number of thiazole rings is 1. The predicted molar refractivity (Wildman–Crippen MR) is 102 cm³/mol. The first-order valence-electron chi connectivity index (χ1n) is 9.01. The molecule has 0 spiro atoms. The number of carbonyl (C=O) groups excluding carboxylic acids is 1. The summed E-state index contributed by atoms with van der Waals surface area (Å²) in [7, 11) is 0. The summed E-state index contributed by atoms with van der Waals surface area (Å²) < 4.78 is 12.7. The van der Waals surface area contributed by atoms with Crippen LogP contribution in [0.5, 0.6) is 11.5 Å². The van der Waals surface area contributed by atoms with Crippen molar-refractivity contribution < 1.29 is 14.3 Å². The Kier molecular flexibility index (Phi) is 4.02. The van der Waals surface area contributed by atoms with E-state index in [1.54, 1.807) is 11.3 Å². The maximum atomic E-state index is 12.8. The van der Waals surface area contributed by atoms with Gasteiger partial charge in [-0.2, -0.15) is 0 Å². The molecule has 140 valence electrons. The number of benzene rings is 1. The van der Waals surface area contributed by atoms with Crippen LogP contribution >= 0.6 is 11.3 Å².